The van der Waals surface area contributed by atoms with E-state index in [0.717, 1.165) is 0 Å². The van der Waals surface area contributed by atoms with Crippen molar-refractivity contribution in [3.63, 3.8) is 0 Å². The summed E-state index contributed by atoms with van der Waals surface area (Å²) < 4.78 is 6.84. The minimum atomic E-state index is -1.38. The fraction of sp³-hybridized carbons (Fsp3) is 0.529. The third-order valence-electron chi connectivity index (χ3n) is 4.81. The van der Waals surface area contributed by atoms with E-state index in [-0.39, 0.29) is 28.3 Å². The Hall–Kier alpha value is -2.64. The number of nitrogens with zero attached hydrogens (tertiary/aromatic N) is 3. The van der Waals surface area contributed by atoms with Crippen LogP contribution in [0.25, 0.3) is 11.0 Å². The summed E-state index contributed by atoms with van der Waals surface area (Å²) in [7, 11) is 0. The Balaban J connectivity index is 2.07. The van der Waals surface area contributed by atoms with Gasteiger partial charge < -0.3 is 41.0 Å². The van der Waals surface area contributed by atoms with Crippen LogP contribution in [0.5, 0.6) is 0 Å². The summed E-state index contributed by atoms with van der Waals surface area (Å²) in [5.74, 6) is -1.10. The van der Waals surface area contributed by atoms with Crippen LogP contribution in [0.3, 0.4) is 0 Å². The molecule has 2 aromatic rings. The Morgan fingerprint density at radius 3 is 2.66 bits per heavy atom. The zero-order chi connectivity index (χ0) is 21.3. The predicted molar refractivity (Wildman–Crippen MR) is 101 cm³/mol. The molecule has 1 aliphatic heterocycles. The highest BCUT2D eigenvalue weighted by Gasteiger charge is 2.44. The molecule has 1 fully saturated rings. The summed E-state index contributed by atoms with van der Waals surface area (Å²) >= 11 is 0. The number of carbonyl (C=O) groups is 2. The Morgan fingerprint density at radius 1 is 1.34 bits per heavy atom. The van der Waals surface area contributed by atoms with Gasteiger partial charge in [0.05, 0.1) is 23.6 Å². The van der Waals surface area contributed by atoms with Crippen molar-refractivity contribution >= 4 is 28.7 Å². The molecule has 0 radical (unpaired) electrons. The number of nitrogens with one attached hydrogen (secondary N) is 2. The second-order valence-electron chi connectivity index (χ2n) is 6.73. The minimum Gasteiger partial charge on any atom is -0.394 e. The molecule has 1 aliphatic rings. The van der Waals surface area contributed by atoms with Crippen molar-refractivity contribution in [2.24, 2.45) is 5.73 Å². The van der Waals surface area contributed by atoms with Gasteiger partial charge in [-0.3, -0.25) is 9.59 Å². The molecule has 12 nitrogen and oxygen atoms in total. The average molecular weight is 408 g/mol. The maximum atomic E-state index is 12.4. The van der Waals surface area contributed by atoms with Crippen LogP contribution >= 0.6 is 0 Å². The number of hydrogen-bond donors (Lipinski definition) is 6. The lowest BCUT2D eigenvalue weighted by molar-refractivity contribution is -0.117. The molecule has 2 aromatic heterocycles. The zero-order valence-electron chi connectivity index (χ0n) is 15.9. The van der Waals surface area contributed by atoms with E-state index in [1.807, 2.05) is 6.92 Å². The lowest BCUT2D eigenvalue weighted by Gasteiger charge is -2.17. The van der Waals surface area contributed by atoms with Crippen molar-refractivity contribution in [3.05, 3.63) is 18.1 Å². The van der Waals surface area contributed by atoms with Crippen LogP contribution in [-0.2, 0) is 9.53 Å². The number of carbonyl (C=O) groups excluding carboxylic acids is 2. The number of aliphatic hydroxyl groups is 3. The van der Waals surface area contributed by atoms with Gasteiger partial charge in [-0.05, 0) is 13.5 Å². The summed E-state index contributed by atoms with van der Waals surface area (Å²) in [6, 6.07) is -0.510. The molecular weight excluding hydrogens is 384 g/mol. The van der Waals surface area contributed by atoms with Gasteiger partial charge in [-0.25, -0.2) is 9.97 Å². The van der Waals surface area contributed by atoms with Crippen molar-refractivity contribution in [2.75, 3.05) is 18.5 Å². The number of rotatable bonds is 7. The second kappa shape index (κ2) is 8.39. The molecule has 29 heavy (non-hydrogen) atoms. The third kappa shape index (κ3) is 3.80. The van der Waals surface area contributed by atoms with Gasteiger partial charge in [-0.15, -0.1) is 0 Å². The first-order valence-corrected chi connectivity index (χ1v) is 9.12. The Labute approximate surface area is 165 Å². The normalized spacial score (nSPS) is 25.3. The predicted octanol–water partition coefficient (Wildman–Crippen LogP) is -1.92. The van der Waals surface area contributed by atoms with Gasteiger partial charge in [0, 0.05) is 6.20 Å². The number of primary amides is 1. The van der Waals surface area contributed by atoms with Crippen LogP contribution < -0.4 is 16.4 Å². The number of aromatic nitrogens is 3. The summed E-state index contributed by atoms with van der Waals surface area (Å²) in [4.78, 5) is 32.6. The largest absolute Gasteiger partial charge is 0.394 e. The first-order valence-electron chi connectivity index (χ1n) is 9.12. The molecule has 0 aromatic carbocycles. The Morgan fingerprint density at radius 2 is 2.07 bits per heavy atom. The van der Waals surface area contributed by atoms with Gasteiger partial charge in [0.2, 0.25) is 5.91 Å². The van der Waals surface area contributed by atoms with E-state index in [1.54, 1.807) is 6.92 Å². The van der Waals surface area contributed by atoms with Crippen LogP contribution in [0, 0.1) is 0 Å². The topological polar surface area (TPSA) is 185 Å². The Kier molecular flexibility index (Phi) is 6.10. The smallest absolute Gasteiger partial charge is 0.251 e. The number of amides is 2. The summed E-state index contributed by atoms with van der Waals surface area (Å²) in [6.07, 6.45) is -2.36. The molecule has 3 heterocycles. The highest BCUT2D eigenvalue weighted by Crippen LogP contribution is 2.35. The molecule has 2 unspecified atom stereocenters. The number of ether oxygens (including phenoxy) is 1. The van der Waals surface area contributed by atoms with Gasteiger partial charge in [0.25, 0.3) is 5.91 Å². The van der Waals surface area contributed by atoms with Crippen LogP contribution in [0.1, 0.15) is 30.4 Å². The van der Waals surface area contributed by atoms with Crippen molar-refractivity contribution in [1.29, 1.82) is 0 Å². The van der Waals surface area contributed by atoms with Crippen LogP contribution in [-0.4, -0.2) is 79.2 Å². The van der Waals surface area contributed by atoms with Gasteiger partial charge in [0.1, 0.15) is 36.1 Å². The molecule has 0 bridgehead atoms. The number of anilines is 1. The van der Waals surface area contributed by atoms with Gasteiger partial charge in [0.15, 0.2) is 6.23 Å². The monoisotopic (exact) mass is 408 g/mol. The lowest BCUT2D eigenvalue weighted by Crippen LogP contribution is -2.38. The quantitative estimate of drug-likeness (QED) is 0.304. The summed E-state index contributed by atoms with van der Waals surface area (Å²) in [6.45, 7) is 3.62. The molecule has 3 rings (SSSR count). The zero-order valence-corrected chi connectivity index (χ0v) is 15.9. The van der Waals surface area contributed by atoms with E-state index in [4.69, 9.17) is 10.5 Å². The second-order valence-corrected chi connectivity index (χ2v) is 6.73. The van der Waals surface area contributed by atoms with Gasteiger partial charge >= 0.3 is 0 Å². The van der Waals surface area contributed by atoms with Crippen molar-refractivity contribution < 1.29 is 29.6 Å². The molecule has 0 saturated carbocycles. The average Bonchev–Trinajstić information content (AvgIpc) is 3.21. The molecule has 5 atom stereocenters. The first kappa shape index (κ1) is 21.1. The van der Waals surface area contributed by atoms with Crippen LogP contribution in [0.4, 0.5) is 5.82 Å². The highest BCUT2D eigenvalue weighted by molar-refractivity contribution is 6.11. The van der Waals surface area contributed by atoms with Gasteiger partial charge in [-0.1, -0.05) is 6.92 Å². The SMILES string of the molecule is CCNC(C)C(=O)Nc1ncnc2c1c(C(N)=O)cn2[C@@H]1O[C@H](CO)C(O)[C@@H]1O. The molecule has 2 amide bonds. The van der Waals surface area contributed by atoms with Gasteiger partial charge in [-0.2, -0.15) is 0 Å². The number of aliphatic hydroxyl groups excluding tert-OH is 3. The summed E-state index contributed by atoms with van der Waals surface area (Å²) in [5, 5.41) is 35.4. The Bertz CT molecular complexity index is 917. The number of likely N-dealkylation sites (N-methyl/N-ethyl adjacent to an activating group) is 1. The van der Waals surface area contributed by atoms with Crippen molar-refractivity contribution in [2.45, 2.75) is 44.4 Å². The van der Waals surface area contributed by atoms with Crippen molar-refractivity contribution in [1.82, 2.24) is 19.9 Å². The molecule has 0 spiro atoms. The molecular formula is C17H24N6O6. The highest BCUT2D eigenvalue weighted by atomic mass is 16.6. The van der Waals surface area contributed by atoms with E-state index in [1.165, 1.54) is 17.1 Å². The maximum absolute atomic E-state index is 12.4. The van der Waals surface area contributed by atoms with E-state index in [0.29, 0.717) is 6.54 Å². The molecule has 7 N–H and O–H groups in total. The fourth-order valence-corrected chi connectivity index (χ4v) is 3.29. The lowest BCUT2D eigenvalue weighted by atomic mass is 10.1. The van der Waals surface area contributed by atoms with Crippen LogP contribution in [0.2, 0.25) is 0 Å². The molecule has 158 valence electrons. The summed E-state index contributed by atoms with van der Waals surface area (Å²) in [5.41, 5.74) is 5.66. The first-order chi connectivity index (χ1) is 13.8. The molecule has 12 heteroatoms. The standard InChI is InChI=1S/C17H24N6O6/c1-3-19-7(2)16(28)22-14-10-8(13(18)27)4-23(15(10)21-6-20-14)17-12(26)11(25)9(5-24)29-17/h4,6-7,9,11-12,17,19,24-26H,3,5H2,1-2H3,(H2,18,27)(H,20,21,22,28)/t7?,9-,11?,12+,17-/m1/s1. The van der Waals surface area contributed by atoms with Crippen molar-refractivity contribution in [3.8, 4) is 0 Å². The molecule has 1 saturated heterocycles. The van der Waals surface area contributed by atoms with E-state index in [9.17, 15) is 24.9 Å². The molecule has 0 aliphatic carbocycles. The van der Waals surface area contributed by atoms with E-state index >= 15 is 0 Å². The number of nitrogens with two attached hydrogens (primary N) is 1. The minimum absolute atomic E-state index is 0.00439. The maximum Gasteiger partial charge on any atom is 0.251 e. The van der Waals surface area contributed by atoms with Crippen LogP contribution in [0.15, 0.2) is 12.5 Å². The fourth-order valence-electron chi connectivity index (χ4n) is 3.29. The third-order valence-corrected chi connectivity index (χ3v) is 4.81. The van der Waals surface area contributed by atoms with E-state index < -0.39 is 43.1 Å². The number of fused-ring (bicyclic) bond motifs is 1. The van der Waals surface area contributed by atoms with E-state index in [2.05, 4.69) is 20.6 Å². The number of hydrogen-bond acceptors (Lipinski definition) is 9.